The van der Waals surface area contributed by atoms with Crippen molar-refractivity contribution in [3.63, 3.8) is 0 Å². The van der Waals surface area contributed by atoms with Gasteiger partial charge in [-0.1, -0.05) is 36.4 Å². The van der Waals surface area contributed by atoms with E-state index in [4.69, 9.17) is 9.47 Å². The van der Waals surface area contributed by atoms with Crippen molar-refractivity contribution in [1.82, 2.24) is 0 Å². The molecule has 0 amide bonds. The fourth-order valence-electron chi connectivity index (χ4n) is 1.78. The summed E-state index contributed by atoms with van der Waals surface area (Å²) in [5.74, 6) is 0.866. The second-order valence-electron chi connectivity index (χ2n) is 4.28. The molecule has 3 heteroatoms. The molecule has 0 aliphatic carbocycles. The molecule has 0 spiro atoms. The van der Waals surface area contributed by atoms with E-state index in [2.05, 4.69) is 40.2 Å². The van der Waals surface area contributed by atoms with E-state index in [9.17, 15) is 0 Å². The van der Waals surface area contributed by atoms with Gasteiger partial charge in [0.2, 0.25) is 0 Å². The molecule has 0 aromatic heterocycles. The summed E-state index contributed by atoms with van der Waals surface area (Å²) in [5.41, 5.74) is 2.38. The molecule has 3 rings (SSSR count). The third-order valence-electron chi connectivity index (χ3n) is 2.87. The molecule has 18 heavy (non-hydrogen) atoms. The van der Waals surface area contributed by atoms with E-state index in [1.807, 2.05) is 24.3 Å². The van der Waals surface area contributed by atoms with Crippen LogP contribution >= 0.6 is 15.9 Å². The smallest absolute Gasteiger partial charge is 0.133 e. The van der Waals surface area contributed by atoms with Gasteiger partial charge in [-0.2, -0.15) is 0 Å². The van der Waals surface area contributed by atoms with Crippen molar-refractivity contribution in [3.05, 3.63) is 53.0 Å². The molecule has 92 valence electrons. The van der Waals surface area contributed by atoms with Crippen LogP contribution in [0.1, 0.15) is 0 Å². The third-order valence-corrected chi connectivity index (χ3v) is 3.49. The molecule has 1 saturated heterocycles. The maximum Gasteiger partial charge on any atom is 0.133 e. The fraction of sp³-hybridized carbons (Fsp3) is 0.200. The highest BCUT2D eigenvalue weighted by molar-refractivity contribution is 9.10. The number of hydrogen-bond donors (Lipinski definition) is 0. The highest BCUT2D eigenvalue weighted by Crippen LogP contribution is 2.31. The van der Waals surface area contributed by atoms with Crippen molar-refractivity contribution in [2.75, 3.05) is 13.2 Å². The number of epoxide rings is 1. The summed E-state index contributed by atoms with van der Waals surface area (Å²) in [6, 6.07) is 16.4. The highest BCUT2D eigenvalue weighted by atomic mass is 79.9. The van der Waals surface area contributed by atoms with Crippen LogP contribution in [0, 0.1) is 0 Å². The van der Waals surface area contributed by atoms with Crippen LogP contribution in [-0.4, -0.2) is 19.3 Å². The monoisotopic (exact) mass is 304 g/mol. The minimum absolute atomic E-state index is 0.283. The molecule has 0 bridgehead atoms. The third kappa shape index (κ3) is 2.74. The molecule has 0 unspecified atom stereocenters. The minimum Gasteiger partial charge on any atom is -0.490 e. The fourth-order valence-corrected chi connectivity index (χ4v) is 2.27. The van der Waals surface area contributed by atoms with Crippen LogP contribution in [-0.2, 0) is 4.74 Å². The Kier molecular flexibility index (Phi) is 3.35. The zero-order chi connectivity index (χ0) is 12.4. The van der Waals surface area contributed by atoms with Crippen LogP contribution in [0.5, 0.6) is 5.75 Å². The normalized spacial score (nSPS) is 17.5. The van der Waals surface area contributed by atoms with Crippen molar-refractivity contribution >= 4 is 15.9 Å². The Balaban J connectivity index is 1.79. The van der Waals surface area contributed by atoms with E-state index in [-0.39, 0.29) is 6.10 Å². The zero-order valence-corrected chi connectivity index (χ0v) is 11.4. The Bertz CT molecular complexity index is 535. The van der Waals surface area contributed by atoms with Gasteiger partial charge in [0, 0.05) is 0 Å². The van der Waals surface area contributed by atoms with Gasteiger partial charge in [0.15, 0.2) is 0 Å². The highest BCUT2D eigenvalue weighted by Gasteiger charge is 2.23. The lowest BCUT2D eigenvalue weighted by Crippen LogP contribution is -2.04. The average Bonchev–Trinajstić information content (AvgIpc) is 3.22. The molecule has 1 aliphatic heterocycles. The predicted octanol–water partition coefficient (Wildman–Crippen LogP) is 3.89. The lowest BCUT2D eigenvalue weighted by atomic mass is 10.1. The van der Waals surface area contributed by atoms with Gasteiger partial charge in [-0.05, 0) is 39.2 Å². The van der Waals surface area contributed by atoms with E-state index in [0.29, 0.717) is 6.61 Å². The Hall–Kier alpha value is -1.32. The van der Waals surface area contributed by atoms with Crippen LogP contribution in [0.4, 0.5) is 0 Å². The van der Waals surface area contributed by atoms with Crippen LogP contribution in [0.25, 0.3) is 11.1 Å². The van der Waals surface area contributed by atoms with E-state index in [1.54, 1.807) is 0 Å². The molecule has 2 aromatic carbocycles. The minimum atomic E-state index is 0.283. The van der Waals surface area contributed by atoms with E-state index < -0.39 is 0 Å². The lowest BCUT2D eigenvalue weighted by molar-refractivity contribution is 0.262. The van der Waals surface area contributed by atoms with Gasteiger partial charge >= 0.3 is 0 Å². The van der Waals surface area contributed by atoms with Crippen LogP contribution in [0.3, 0.4) is 0 Å². The Labute approximate surface area is 115 Å². The van der Waals surface area contributed by atoms with Crippen molar-refractivity contribution in [2.45, 2.75) is 6.10 Å². The summed E-state index contributed by atoms with van der Waals surface area (Å²) in [6.07, 6.45) is 0.283. The number of benzene rings is 2. The molecule has 1 fully saturated rings. The maximum absolute atomic E-state index is 5.68. The molecule has 1 aliphatic rings. The van der Waals surface area contributed by atoms with E-state index in [1.165, 1.54) is 11.1 Å². The van der Waals surface area contributed by atoms with Crippen molar-refractivity contribution in [1.29, 1.82) is 0 Å². The summed E-state index contributed by atoms with van der Waals surface area (Å²) >= 11 is 3.55. The lowest BCUT2D eigenvalue weighted by Gasteiger charge is -2.09. The molecule has 0 radical (unpaired) electrons. The number of ether oxygens (including phenoxy) is 2. The van der Waals surface area contributed by atoms with Crippen LogP contribution in [0.2, 0.25) is 0 Å². The largest absolute Gasteiger partial charge is 0.490 e. The molecular formula is C15H13BrO2. The SMILES string of the molecule is Brc1cc(-c2ccccc2)ccc1OC[C@H]1CO1. The number of hydrogen-bond acceptors (Lipinski definition) is 2. The predicted molar refractivity (Wildman–Crippen MR) is 74.8 cm³/mol. The number of halogens is 1. The van der Waals surface area contributed by atoms with Crippen molar-refractivity contribution in [3.8, 4) is 16.9 Å². The van der Waals surface area contributed by atoms with Gasteiger partial charge in [-0.25, -0.2) is 0 Å². The quantitative estimate of drug-likeness (QED) is 0.799. The first-order valence-corrected chi connectivity index (χ1v) is 6.71. The van der Waals surface area contributed by atoms with Gasteiger partial charge in [-0.3, -0.25) is 0 Å². The molecular weight excluding hydrogens is 292 g/mol. The summed E-state index contributed by atoms with van der Waals surface area (Å²) in [7, 11) is 0. The second kappa shape index (κ2) is 5.12. The zero-order valence-electron chi connectivity index (χ0n) is 9.80. The molecule has 1 heterocycles. The topological polar surface area (TPSA) is 21.8 Å². The summed E-state index contributed by atoms with van der Waals surface area (Å²) in [5, 5.41) is 0. The molecule has 1 atom stereocenters. The molecule has 2 aromatic rings. The number of rotatable bonds is 4. The van der Waals surface area contributed by atoms with E-state index >= 15 is 0 Å². The van der Waals surface area contributed by atoms with Crippen molar-refractivity contribution < 1.29 is 9.47 Å². The van der Waals surface area contributed by atoms with Gasteiger partial charge < -0.3 is 9.47 Å². The summed E-state index contributed by atoms with van der Waals surface area (Å²) in [6.45, 7) is 1.45. The molecule has 0 saturated carbocycles. The maximum atomic E-state index is 5.68. The standard InChI is InChI=1S/C15H13BrO2/c16-14-8-12(11-4-2-1-3-5-11)6-7-15(14)18-10-13-9-17-13/h1-8,13H,9-10H2/t13-/m1/s1. The first kappa shape index (κ1) is 11.8. The van der Waals surface area contributed by atoms with Crippen molar-refractivity contribution in [2.24, 2.45) is 0 Å². The second-order valence-corrected chi connectivity index (χ2v) is 5.13. The van der Waals surface area contributed by atoms with Crippen LogP contribution in [0.15, 0.2) is 53.0 Å². The van der Waals surface area contributed by atoms with E-state index in [0.717, 1.165) is 16.8 Å². The van der Waals surface area contributed by atoms with Gasteiger partial charge in [0.1, 0.15) is 18.5 Å². The Morgan fingerprint density at radius 3 is 2.56 bits per heavy atom. The van der Waals surface area contributed by atoms with Gasteiger partial charge in [0.25, 0.3) is 0 Å². The molecule has 0 N–H and O–H groups in total. The molecule has 2 nitrogen and oxygen atoms in total. The average molecular weight is 305 g/mol. The Morgan fingerprint density at radius 1 is 1.11 bits per heavy atom. The van der Waals surface area contributed by atoms with Gasteiger partial charge in [-0.15, -0.1) is 0 Å². The summed E-state index contributed by atoms with van der Waals surface area (Å²) < 4.78 is 11.8. The Morgan fingerprint density at radius 2 is 1.89 bits per heavy atom. The first-order valence-electron chi connectivity index (χ1n) is 5.92. The van der Waals surface area contributed by atoms with Gasteiger partial charge in [0.05, 0.1) is 11.1 Å². The van der Waals surface area contributed by atoms with Crippen LogP contribution < -0.4 is 4.74 Å². The summed E-state index contributed by atoms with van der Waals surface area (Å²) in [4.78, 5) is 0. The first-order chi connectivity index (χ1) is 8.83.